The Hall–Kier alpha value is -2.77. The summed E-state index contributed by atoms with van der Waals surface area (Å²) in [4.78, 5) is 40.5. The van der Waals surface area contributed by atoms with Crippen LogP contribution in [-0.4, -0.2) is 49.1 Å². The van der Waals surface area contributed by atoms with Crippen molar-refractivity contribution in [1.82, 2.24) is 10.2 Å². The summed E-state index contributed by atoms with van der Waals surface area (Å²) < 4.78 is 0. The lowest BCUT2D eigenvalue weighted by Gasteiger charge is -2.15. The zero-order valence-electron chi connectivity index (χ0n) is 16.0. The molecule has 0 spiro atoms. The molecule has 0 atom stereocenters. The Balaban J connectivity index is 1.59. The quantitative estimate of drug-likeness (QED) is 0.706. The van der Waals surface area contributed by atoms with Crippen molar-refractivity contribution in [3.63, 3.8) is 0 Å². The van der Waals surface area contributed by atoms with Gasteiger partial charge >= 0.3 is 0 Å². The maximum atomic E-state index is 12.5. The minimum absolute atomic E-state index is 0.113. The Morgan fingerprint density at radius 3 is 2.59 bits per heavy atom. The summed E-state index contributed by atoms with van der Waals surface area (Å²) in [5.74, 6) is -0.615. The predicted octanol–water partition coefficient (Wildman–Crippen LogP) is 3.87. The molecule has 0 radical (unpaired) electrons. The average Bonchev–Trinajstić information content (AvgIpc) is 2.97. The maximum Gasteiger partial charge on any atom is 0.293 e. The topological polar surface area (TPSA) is 69.7 Å². The van der Waals surface area contributed by atoms with Gasteiger partial charge in [-0.3, -0.25) is 19.3 Å². The Labute approximate surface area is 178 Å². The third-order valence-corrected chi connectivity index (χ3v) is 5.45. The molecule has 1 fully saturated rings. The summed E-state index contributed by atoms with van der Waals surface area (Å²) in [7, 11) is 3.79. The molecular formula is C21H20ClN3O3S. The van der Waals surface area contributed by atoms with E-state index in [1.165, 1.54) is 0 Å². The van der Waals surface area contributed by atoms with Gasteiger partial charge in [0.15, 0.2) is 0 Å². The summed E-state index contributed by atoms with van der Waals surface area (Å²) in [6.45, 7) is 0.291. The lowest BCUT2D eigenvalue weighted by molar-refractivity contribution is -0.122. The second-order valence-corrected chi connectivity index (χ2v) is 8.02. The van der Waals surface area contributed by atoms with Gasteiger partial charge in [0.2, 0.25) is 0 Å². The fraction of sp³-hybridized carbons (Fsp3) is 0.190. The van der Waals surface area contributed by atoms with Gasteiger partial charge in [-0.1, -0.05) is 29.8 Å². The second kappa shape index (κ2) is 9.15. The Morgan fingerprint density at radius 1 is 1.17 bits per heavy atom. The van der Waals surface area contributed by atoms with Crippen LogP contribution >= 0.6 is 23.4 Å². The summed E-state index contributed by atoms with van der Waals surface area (Å²) in [5, 5.41) is 3.01. The van der Waals surface area contributed by atoms with Gasteiger partial charge in [-0.25, -0.2) is 0 Å². The van der Waals surface area contributed by atoms with Crippen molar-refractivity contribution in [2.45, 2.75) is 0 Å². The second-order valence-electron chi connectivity index (χ2n) is 6.59. The third-order valence-electron chi connectivity index (χ3n) is 4.29. The van der Waals surface area contributed by atoms with Gasteiger partial charge in [0.25, 0.3) is 17.1 Å². The molecule has 1 aliphatic heterocycles. The van der Waals surface area contributed by atoms with E-state index in [2.05, 4.69) is 5.32 Å². The van der Waals surface area contributed by atoms with Crippen molar-refractivity contribution >= 4 is 52.2 Å². The fourth-order valence-electron chi connectivity index (χ4n) is 2.71. The van der Waals surface area contributed by atoms with E-state index in [0.29, 0.717) is 15.5 Å². The lowest BCUT2D eigenvalue weighted by Crippen LogP contribution is -2.37. The molecule has 0 saturated carbocycles. The highest BCUT2D eigenvalue weighted by atomic mass is 35.5. The number of thioether (sulfide) groups is 1. The summed E-state index contributed by atoms with van der Waals surface area (Å²) in [6.07, 6.45) is 1.66. The van der Waals surface area contributed by atoms with Gasteiger partial charge in [-0.15, -0.1) is 0 Å². The lowest BCUT2D eigenvalue weighted by atomic mass is 10.2. The third kappa shape index (κ3) is 5.19. The van der Waals surface area contributed by atoms with Crippen LogP contribution in [0.4, 0.5) is 10.5 Å². The number of imide groups is 1. The summed E-state index contributed by atoms with van der Waals surface area (Å²) in [6, 6.07) is 14.2. The average molecular weight is 430 g/mol. The van der Waals surface area contributed by atoms with Crippen LogP contribution in [0.15, 0.2) is 53.4 Å². The number of hydrogen-bond acceptors (Lipinski definition) is 5. The molecule has 1 heterocycles. The van der Waals surface area contributed by atoms with E-state index in [-0.39, 0.29) is 30.1 Å². The molecule has 8 heteroatoms. The van der Waals surface area contributed by atoms with E-state index in [9.17, 15) is 14.4 Å². The number of carbonyl (C=O) groups is 3. The monoisotopic (exact) mass is 429 g/mol. The molecule has 6 nitrogen and oxygen atoms in total. The molecule has 1 aliphatic rings. The van der Waals surface area contributed by atoms with E-state index in [4.69, 9.17) is 11.6 Å². The first-order chi connectivity index (χ1) is 13.8. The van der Waals surface area contributed by atoms with Crippen LogP contribution in [0, 0.1) is 0 Å². The first-order valence-electron chi connectivity index (χ1n) is 8.91. The first kappa shape index (κ1) is 21.0. The highest BCUT2D eigenvalue weighted by molar-refractivity contribution is 8.18. The van der Waals surface area contributed by atoms with Gasteiger partial charge < -0.3 is 10.2 Å². The highest BCUT2D eigenvalue weighted by Gasteiger charge is 2.34. The van der Waals surface area contributed by atoms with Crippen LogP contribution in [0.5, 0.6) is 0 Å². The standard InChI is InChI=1S/C21H20ClN3O3S/c1-24(2)17-5-3-4-15(13-17)19(26)23-10-11-25-20(27)18(29-21(25)28)12-14-6-8-16(22)9-7-14/h3-9,12-13H,10-11H2,1-2H3,(H,23,26)/b18-12-. The Kier molecular flexibility index (Phi) is 6.61. The first-order valence-corrected chi connectivity index (χ1v) is 10.1. The van der Waals surface area contributed by atoms with E-state index in [0.717, 1.165) is 27.9 Å². The van der Waals surface area contributed by atoms with Gasteiger partial charge in [-0.2, -0.15) is 0 Å². The van der Waals surface area contributed by atoms with Crippen LogP contribution in [0.25, 0.3) is 6.08 Å². The SMILES string of the molecule is CN(C)c1cccc(C(=O)NCCN2C(=O)S/C(=C\c3ccc(Cl)cc3)C2=O)c1. The molecule has 3 amide bonds. The van der Waals surface area contributed by atoms with Crippen molar-refractivity contribution in [3.05, 3.63) is 69.6 Å². The molecule has 2 aromatic rings. The van der Waals surface area contributed by atoms with E-state index in [1.54, 1.807) is 42.5 Å². The zero-order valence-corrected chi connectivity index (χ0v) is 17.6. The Morgan fingerprint density at radius 2 is 1.90 bits per heavy atom. The fourth-order valence-corrected chi connectivity index (χ4v) is 3.70. The number of anilines is 1. The molecule has 150 valence electrons. The van der Waals surface area contributed by atoms with Gasteiger partial charge in [0.05, 0.1) is 4.91 Å². The number of amides is 3. The smallest absolute Gasteiger partial charge is 0.293 e. The molecule has 1 N–H and O–H groups in total. The molecule has 0 unspecified atom stereocenters. The predicted molar refractivity (Wildman–Crippen MR) is 117 cm³/mol. The van der Waals surface area contributed by atoms with Crippen molar-refractivity contribution in [2.75, 3.05) is 32.1 Å². The normalized spacial score (nSPS) is 15.1. The molecule has 3 rings (SSSR count). The minimum atomic E-state index is -0.362. The van der Waals surface area contributed by atoms with Gasteiger partial charge in [0.1, 0.15) is 0 Å². The number of halogens is 1. The summed E-state index contributed by atoms with van der Waals surface area (Å²) >= 11 is 6.75. The molecule has 0 aromatic heterocycles. The van der Waals surface area contributed by atoms with Crippen LogP contribution in [0.1, 0.15) is 15.9 Å². The van der Waals surface area contributed by atoms with Crippen LogP contribution < -0.4 is 10.2 Å². The van der Waals surface area contributed by atoms with Crippen molar-refractivity contribution < 1.29 is 14.4 Å². The van der Waals surface area contributed by atoms with Crippen molar-refractivity contribution in [3.8, 4) is 0 Å². The number of nitrogens with zero attached hydrogens (tertiary/aromatic N) is 2. The van der Waals surface area contributed by atoms with Crippen molar-refractivity contribution in [1.29, 1.82) is 0 Å². The van der Waals surface area contributed by atoms with Gasteiger partial charge in [-0.05, 0) is 53.7 Å². The van der Waals surface area contributed by atoms with Crippen LogP contribution in [-0.2, 0) is 4.79 Å². The maximum absolute atomic E-state index is 12.5. The zero-order chi connectivity index (χ0) is 21.0. The number of rotatable bonds is 6. The van der Waals surface area contributed by atoms with E-state index in [1.807, 2.05) is 31.1 Å². The number of carbonyl (C=O) groups excluding carboxylic acids is 3. The molecule has 0 bridgehead atoms. The van der Waals surface area contributed by atoms with E-state index >= 15 is 0 Å². The van der Waals surface area contributed by atoms with Crippen LogP contribution in [0.2, 0.25) is 5.02 Å². The van der Waals surface area contributed by atoms with Crippen molar-refractivity contribution in [2.24, 2.45) is 0 Å². The number of benzene rings is 2. The van der Waals surface area contributed by atoms with E-state index < -0.39 is 0 Å². The highest BCUT2D eigenvalue weighted by Crippen LogP contribution is 2.32. The van der Waals surface area contributed by atoms with Gasteiger partial charge in [0, 0.05) is 43.5 Å². The molecule has 29 heavy (non-hydrogen) atoms. The number of hydrogen-bond donors (Lipinski definition) is 1. The number of nitrogens with one attached hydrogen (secondary N) is 1. The Bertz CT molecular complexity index is 973. The minimum Gasteiger partial charge on any atom is -0.378 e. The molecule has 2 aromatic carbocycles. The molecule has 0 aliphatic carbocycles. The largest absolute Gasteiger partial charge is 0.378 e. The molecule has 1 saturated heterocycles. The summed E-state index contributed by atoms with van der Waals surface area (Å²) in [5.41, 5.74) is 2.22. The van der Waals surface area contributed by atoms with Crippen LogP contribution in [0.3, 0.4) is 0 Å². The molecular weight excluding hydrogens is 410 g/mol.